The van der Waals surface area contributed by atoms with Gasteiger partial charge in [-0.15, -0.1) is 0 Å². The lowest BCUT2D eigenvalue weighted by Gasteiger charge is -2.11. The Morgan fingerprint density at radius 2 is 0.449 bits per heavy atom. The van der Waals surface area contributed by atoms with Crippen LogP contribution in [0.25, 0.3) is 312 Å². The predicted molar refractivity (Wildman–Crippen MR) is 615 cm³/mol. The molecule has 12 heteroatoms. The minimum absolute atomic E-state index is 0.960. The zero-order chi connectivity index (χ0) is 95.4. The molecule has 0 radical (unpaired) electrons. The number of benzene rings is 21. The number of rotatable bonds is 6. The number of hydrogen-bond donors (Lipinski definition) is 0. The Kier molecular flexibility index (Phi) is 15.7. The van der Waals surface area contributed by atoms with Crippen molar-refractivity contribution >= 4 is 278 Å². The van der Waals surface area contributed by atoms with E-state index in [2.05, 4.69) is 495 Å². The number of para-hydroxylation sites is 10. The summed E-state index contributed by atoms with van der Waals surface area (Å²) in [5.41, 5.74) is 31.8. The van der Waals surface area contributed by atoms with E-state index in [0.717, 1.165) is 72.7 Å². The maximum atomic E-state index is 5.23. The van der Waals surface area contributed by atoms with Gasteiger partial charge in [0.15, 0.2) is 0 Å². The van der Waals surface area contributed by atoms with Crippen LogP contribution in [0.4, 0.5) is 0 Å². The molecule has 21 aromatic carbocycles. The average molecular weight is 1870 g/mol. The van der Waals surface area contributed by atoms with Gasteiger partial charge in [0.1, 0.15) is 11.3 Å². The SMILES string of the molecule is c1ccc(-n2c3cc(-n4c5ccccc5c5c6c7c8ccccc8ccc7n7c8ccccc8c(cc54)c67)ccc3c3cccnc32)cc1.c1ccc(-n2c3ccc(-n4c5ccccc5c5c6c7c8ccccc8ccc7n7c8ccccc8c(cc54)c67)cc3c3ccncc32)cc1.c1ccc(-n2c3ccccc3c3cc(-n4c5ccccc5c5c6c7c8ccccc8ccc7n7c8ccccc8c(cc54)c67)cnc32)cc1. The van der Waals surface area contributed by atoms with Crippen LogP contribution in [0.1, 0.15) is 0 Å². The Morgan fingerprint density at radius 3 is 0.912 bits per heavy atom. The van der Waals surface area contributed by atoms with Gasteiger partial charge in [-0.2, -0.15) is 0 Å². The summed E-state index contributed by atoms with van der Waals surface area (Å²) >= 11 is 0. The third-order valence-corrected chi connectivity index (χ3v) is 32.4. The number of aromatic nitrogens is 12. The lowest BCUT2D eigenvalue weighted by Crippen LogP contribution is -1.98. The van der Waals surface area contributed by atoms with E-state index in [4.69, 9.17) is 9.97 Å². The molecule has 0 saturated carbocycles. The Morgan fingerprint density at radius 1 is 0.136 bits per heavy atom. The molecule has 0 aliphatic rings. The smallest absolute Gasteiger partial charge is 0.145 e. The topological polar surface area (TPSA) is 81.5 Å². The second-order valence-electron chi connectivity index (χ2n) is 39.5. The highest BCUT2D eigenvalue weighted by Gasteiger charge is 2.32. The minimum atomic E-state index is 0.960. The molecule has 147 heavy (non-hydrogen) atoms. The van der Waals surface area contributed by atoms with Crippen molar-refractivity contribution in [1.29, 1.82) is 0 Å². The maximum Gasteiger partial charge on any atom is 0.145 e. The fourth-order valence-electron chi connectivity index (χ4n) is 26.6. The first-order valence-corrected chi connectivity index (χ1v) is 50.4. The summed E-state index contributed by atoms with van der Waals surface area (Å²) < 4.78 is 21.8. The fourth-order valence-corrected chi connectivity index (χ4v) is 26.6. The predicted octanol–water partition coefficient (Wildman–Crippen LogP) is 34.7. The third kappa shape index (κ3) is 10.5. The second-order valence-corrected chi connectivity index (χ2v) is 39.5. The highest BCUT2D eigenvalue weighted by atomic mass is 15.1. The summed E-state index contributed by atoms with van der Waals surface area (Å²) in [4.78, 5) is 14.6. The normalized spacial score (nSPS) is 12.5. The van der Waals surface area contributed by atoms with Crippen molar-refractivity contribution in [2.45, 2.75) is 0 Å². The maximum absolute atomic E-state index is 5.23. The molecule has 36 rings (SSSR count). The Hall–Kier alpha value is -20.0. The summed E-state index contributed by atoms with van der Waals surface area (Å²) in [5.74, 6) is 0. The molecule has 0 atom stereocenters. The molecule has 0 spiro atoms. The van der Waals surface area contributed by atoms with Gasteiger partial charge < -0.3 is 31.5 Å². The van der Waals surface area contributed by atoms with Gasteiger partial charge in [0.05, 0.1) is 123 Å². The lowest BCUT2D eigenvalue weighted by atomic mass is 9.98. The van der Waals surface area contributed by atoms with Crippen LogP contribution >= 0.6 is 0 Å². The molecule has 12 nitrogen and oxygen atoms in total. The lowest BCUT2D eigenvalue weighted by molar-refractivity contribution is 1.11. The quantitative estimate of drug-likeness (QED) is 0.166. The molecular weight excluding hydrogens is 1790 g/mol. The summed E-state index contributed by atoms with van der Waals surface area (Å²) in [5, 5.41) is 38.0. The zero-order valence-electron chi connectivity index (χ0n) is 78.9. The van der Waals surface area contributed by atoms with Crippen molar-refractivity contribution in [2.75, 3.05) is 0 Å². The summed E-state index contributed by atoms with van der Waals surface area (Å²) in [7, 11) is 0. The Bertz CT molecular complexity index is 11600. The Balaban J connectivity index is 0.0000000945. The van der Waals surface area contributed by atoms with Crippen LogP contribution < -0.4 is 0 Å². The molecule has 0 amide bonds. The Labute approximate surface area is 835 Å². The third-order valence-electron chi connectivity index (χ3n) is 32.4. The van der Waals surface area contributed by atoms with E-state index in [9.17, 15) is 0 Å². The van der Waals surface area contributed by atoms with Gasteiger partial charge in [-0.3, -0.25) is 14.1 Å². The molecule has 0 fully saturated rings. The van der Waals surface area contributed by atoms with Crippen LogP contribution in [0, 0.1) is 0 Å². The monoisotopic (exact) mass is 1870 g/mol. The van der Waals surface area contributed by atoms with Gasteiger partial charge in [0.25, 0.3) is 0 Å². The first-order chi connectivity index (χ1) is 73.0. The molecular formula is C135H78N12. The number of pyridine rings is 3. The van der Waals surface area contributed by atoms with Crippen molar-refractivity contribution in [1.82, 2.24) is 55.6 Å². The molecule has 15 heterocycles. The molecule has 15 aromatic heterocycles. The van der Waals surface area contributed by atoms with Crippen molar-refractivity contribution in [3.63, 3.8) is 0 Å². The van der Waals surface area contributed by atoms with E-state index in [-0.39, 0.29) is 0 Å². The molecule has 0 N–H and O–H groups in total. The van der Waals surface area contributed by atoms with Crippen LogP contribution in [0.2, 0.25) is 0 Å². The number of hydrogen-bond acceptors (Lipinski definition) is 3. The summed E-state index contributed by atoms with van der Waals surface area (Å²) in [6.45, 7) is 0. The van der Waals surface area contributed by atoms with E-state index in [0.29, 0.717) is 0 Å². The van der Waals surface area contributed by atoms with Crippen molar-refractivity contribution in [2.24, 2.45) is 0 Å². The van der Waals surface area contributed by atoms with Gasteiger partial charge in [-0.1, -0.05) is 279 Å². The number of nitrogens with zero attached hydrogens (tertiary/aromatic N) is 12. The van der Waals surface area contributed by atoms with Crippen LogP contribution in [0.5, 0.6) is 0 Å². The highest BCUT2D eigenvalue weighted by Crippen LogP contribution is 2.55. The first-order valence-electron chi connectivity index (χ1n) is 50.4. The van der Waals surface area contributed by atoms with E-state index >= 15 is 0 Å². The van der Waals surface area contributed by atoms with Gasteiger partial charge in [-0.25, -0.2) is 9.97 Å². The highest BCUT2D eigenvalue weighted by molar-refractivity contribution is 6.43. The molecule has 0 aliphatic heterocycles. The van der Waals surface area contributed by atoms with E-state index in [1.165, 1.54) is 239 Å². The van der Waals surface area contributed by atoms with Crippen LogP contribution in [0.3, 0.4) is 0 Å². The molecule has 36 aromatic rings. The van der Waals surface area contributed by atoms with E-state index < -0.39 is 0 Å². The van der Waals surface area contributed by atoms with Crippen LogP contribution in [-0.4, -0.2) is 55.6 Å². The summed E-state index contributed by atoms with van der Waals surface area (Å²) in [6, 6.07) is 164. The largest absolute Gasteiger partial charge is 0.309 e. The van der Waals surface area contributed by atoms with Gasteiger partial charge in [0, 0.05) is 170 Å². The second kappa shape index (κ2) is 29.4. The van der Waals surface area contributed by atoms with E-state index in [1.54, 1.807) is 0 Å². The molecule has 0 aliphatic carbocycles. The average Bonchev–Trinajstić information content (AvgIpc) is 1.51. The zero-order valence-corrected chi connectivity index (χ0v) is 78.9. The first kappa shape index (κ1) is 78.8. The standard InChI is InChI=1S/3C45H26N4/c1-2-13-28(14-3-1)48-36-19-9-7-17-32(36)35-24-29(26-46-45(35)48)47-38-21-11-8-18-33(38)42-40(47)25-34-31-16-6-10-20-37(31)49-39-23-22-27-12-4-5-15-30(27)41(39)43(42)44(34)49;1-2-12-28(13-3-1)48-39-25-29(21-22-32(39)33-17-10-24-46-45(33)48)47-37-19-9-7-16-34(37)42-40(47)26-35-31-15-6-8-18-36(31)49-38-23-20-27-11-4-5-14-30(27)41(38)43(42)44(35)49;1-2-11-28(12-3-1)47-38-21-19-29(24-34(38)32-22-23-46-26-41(32)47)48-37-17-9-7-15-33(37)43-40(48)25-35-31-14-6-8-16-36(31)49-39-20-18-27-10-4-5-13-30(27)42(39)44(43)45(35)49/h3*1-26H. The van der Waals surface area contributed by atoms with Crippen molar-refractivity contribution in [3.05, 3.63) is 474 Å². The fraction of sp³-hybridized carbons (Fsp3) is 0. The number of fused-ring (bicyclic) bond motifs is 45. The molecule has 678 valence electrons. The molecule has 0 unspecified atom stereocenters. The van der Waals surface area contributed by atoms with Gasteiger partial charge in [-0.05, 0) is 202 Å². The summed E-state index contributed by atoms with van der Waals surface area (Å²) in [6.07, 6.45) is 7.84. The van der Waals surface area contributed by atoms with Gasteiger partial charge >= 0.3 is 0 Å². The van der Waals surface area contributed by atoms with Gasteiger partial charge in [0.2, 0.25) is 0 Å². The van der Waals surface area contributed by atoms with Crippen molar-refractivity contribution < 1.29 is 0 Å². The molecule has 0 saturated heterocycles. The van der Waals surface area contributed by atoms with E-state index in [1.807, 2.05) is 24.7 Å². The van der Waals surface area contributed by atoms with Crippen LogP contribution in [-0.2, 0) is 0 Å². The minimum Gasteiger partial charge on any atom is -0.309 e. The van der Waals surface area contributed by atoms with Crippen molar-refractivity contribution in [3.8, 4) is 34.1 Å². The van der Waals surface area contributed by atoms with Crippen LogP contribution in [0.15, 0.2) is 474 Å². The molecule has 0 bridgehead atoms.